The van der Waals surface area contributed by atoms with Gasteiger partial charge in [0.15, 0.2) is 6.61 Å². The molecule has 0 saturated heterocycles. The summed E-state index contributed by atoms with van der Waals surface area (Å²) >= 11 is 6.74. The summed E-state index contributed by atoms with van der Waals surface area (Å²) in [5.74, 6) is -0.943. The molecule has 7 nitrogen and oxygen atoms in total. The zero-order chi connectivity index (χ0) is 17.0. The second kappa shape index (κ2) is 7.51. The highest BCUT2D eigenvalue weighted by Gasteiger charge is 2.17. The van der Waals surface area contributed by atoms with E-state index in [1.165, 1.54) is 18.3 Å². The summed E-state index contributed by atoms with van der Waals surface area (Å²) in [5.41, 5.74) is 1.58. The second-order valence-electron chi connectivity index (χ2n) is 4.52. The molecule has 1 aromatic carbocycles. The fourth-order valence-corrected chi connectivity index (χ4v) is 3.38. The highest BCUT2D eigenvalue weighted by Crippen LogP contribution is 2.32. The Morgan fingerprint density at radius 2 is 2.04 bits per heavy atom. The number of aryl methyl sites for hydroxylation is 1. The molecule has 0 spiro atoms. The third kappa shape index (κ3) is 4.49. The summed E-state index contributed by atoms with van der Waals surface area (Å²) in [6.07, 6.45) is 1.28. The van der Waals surface area contributed by atoms with Crippen molar-refractivity contribution < 1.29 is 14.5 Å². The number of rotatable bonds is 5. The number of halogens is 2. The van der Waals surface area contributed by atoms with E-state index >= 15 is 0 Å². The molecule has 23 heavy (non-hydrogen) atoms. The molecule has 0 atom stereocenters. The molecule has 0 bridgehead atoms. The number of hydrogen-bond acceptors (Lipinski definition) is 5. The topological polar surface area (TPSA) is 94.4 Å². The Balaban J connectivity index is 2.06. The number of amides is 1. The van der Waals surface area contributed by atoms with Crippen LogP contribution in [-0.4, -0.2) is 22.4 Å². The smallest absolute Gasteiger partial charge is 0.406 e. The quantitative estimate of drug-likeness (QED) is 0.558. The normalized spacial score (nSPS) is 10.2. The minimum Gasteiger partial charge on any atom is -0.476 e. The number of carbonyl (C=O) groups excluding carboxylic acids is 1. The molecule has 0 aliphatic rings. The van der Waals surface area contributed by atoms with Gasteiger partial charge in [0, 0.05) is 8.95 Å². The Kier molecular flexibility index (Phi) is 5.67. The first kappa shape index (κ1) is 17.4. The van der Waals surface area contributed by atoms with Crippen LogP contribution in [0.3, 0.4) is 0 Å². The van der Waals surface area contributed by atoms with Crippen molar-refractivity contribution >= 4 is 49.3 Å². The van der Waals surface area contributed by atoms with Gasteiger partial charge in [-0.1, -0.05) is 0 Å². The zero-order valence-corrected chi connectivity index (χ0v) is 15.0. The van der Waals surface area contributed by atoms with E-state index in [0.717, 1.165) is 5.56 Å². The minimum atomic E-state index is -0.666. The average Bonchev–Trinajstić information content (AvgIpc) is 2.49. The molecule has 0 unspecified atom stereocenters. The molecular formula is C14H11Br2N3O4. The van der Waals surface area contributed by atoms with Crippen molar-refractivity contribution in [3.05, 3.63) is 55.1 Å². The Morgan fingerprint density at radius 3 is 2.65 bits per heavy atom. The van der Waals surface area contributed by atoms with Gasteiger partial charge in [0.2, 0.25) is 5.75 Å². The molecule has 0 aliphatic heterocycles. The van der Waals surface area contributed by atoms with Crippen LogP contribution in [0.4, 0.5) is 11.5 Å². The fraction of sp³-hybridized carbons (Fsp3) is 0.143. The van der Waals surface area contributed by atoms with Crippen molar-refractivity contribution in [2.75, 3.05) is 11.9 Å². The van der Waals surface area contributed by atoms with Gasteiger partial charge in [-0.2, -0.15) is 0 Å². The third-order valence-electron chi connectivity index (χ3n) is 2.73. The van der Waals surface area contributed by atoms with Crippen LogP contribution in [0, 0.1) is 17.0 Å². The number of anilines is 1. The number of ether oxygens (including phenoxy) is 1. The van der Waals surface area contributed by atoms with E-state index in [9.17, 15) is 14.9 Å². The molecular weight excluding hydrogens is 434 g/mol. The molecule has 1 N–H and O–H groups in total. The largest absolute Gasteiger partial charge is 0.476 e. The van der Waals surface area contributed by atoms with Crippen LogP contribution in [0.5, 0.6) is 5.75 Å². The highest BCUT2D eigenvalue weighted by atomic mass is 79.9. The molecule has 2 aromatic rings. The van der Waals surface area contributed by atoms with E-state index in [4.69, 9.17) is 4.74 Å². The first-order valence-electron chi connectivity index (χ1n) is 6.36. The number of benzene rings is 1. The van der Waals surface area contributed by atoms with Crippen molar-refractivity contribution in [3.8, 4) is 5.75 Å². The lowest BCUT2D eigenvalue weighted by Crippen LogP contribution is -2.21. The monoisotopic (exact) mass is 443 g/mol. The van der Waals surface area contributed by atoms with Gasteiger partial charge in [0.05, 0.1) is 5.69 Å². The molecule has 0 aliphatic carbocycles. The van der Waals surface area contributed by atoms with Gasteiger partial charge in [-0.25, -0.2) is 0 Å². The predicted octanol–water partition coefficient (Wildman–Crippen LogP) is 3.84. The maximum atomic E-state index is 12.0. The number of pyridine rings is 1. The van der Waals surface area contributed by atoms with Gasteiger partial charge in [-0.3, -0.25) is 4.79 Å². The molecule has 9 heteroatoms. The molecule has 120 valence electrons. The molecule has 1 heterocycles. The van der Waals surface area contributed by atoms with Gasteiger partial charge in [0.25, 0.3) is 5.91 Å². The van der Waals surface area contributed by atoms with Crippen LogP contribution in [0.15, 0.2) is 39.4 Å². The lowest BCUT2D eigenvalue weighted by molar-refractivity contribution is -0.390. The highest BCUT2D eigenvalue weighted by molar-refractivity contribution is 9.11. The summed E-state index contributed by atoms with van der Waals surface area (Å²) in [6.45, 7) is 1.55. The van der Waals surface area contributed by atoms with Crippen molar-refractivity contribution in [1.29, 1.82) is 0 Å². The first-order chi connectivity index (χ1) is 10.9. The van der Waals surface area contributed by atoms with Crippen LogP contribution in [0.2, 0.25) is 0 Å². The summed E-state index contributed by atoms with van der Waals surface area (Å²) in [5, 5.41) is 13.5. The fourth-order valence-electron chi connectivity index (χ4n) is 1.77. The van der Waals surface area contributed by atoms with E-state index in [1.54, 1.807) is 0 Å². The zero-order valence-electron chi connectivity index (χ0n) is 11.9. The van der Waals surface area contributed by atoms with Gasteiger partial charge in [0.1, 0.15) is 6.20 Å². The molecule has 0 radical (unpaired) electrons. The number of aromatic nitrogens is 1. The summed E-state index contributed by atoms with van der Waals surface area (Å²) in [6, 6.07) is 6.59. The molecule has 1 aromatic heterocycles. The predicted molar refractivity (Wildman–Crippen MR) is 91.6 cm³/mol. The Morgan fingerprint density at radius 1 is 1.39 bits per heavy atom. The van der Waals surface area contributed by atoms with Gasteiger partial charge < -0.3 is 20.2 Å². The van der Waals surface area contributed by atoms with Gasteiger partial charge in [-0.05, 0) is 78.5 Å². The standard InChI is InChI=1S/C14H11Br2N3O4/c1-8-5-9(15)13(10(16)6-8)18-12(20)7-23-11-3-2-4-17-14(11)19(21)22/h2-6H,7H2,1H3,(H,18,20). The van der Waals surface area contributed by atoms with E-state index in [-0.39, 0.29) is 12.4 Å². The number of nitrogens with one attached hydrogen (secondary N) is 1. The summed E-state index contributed by atoms with van der Waals surface area (Å²) in [7, 11) is 0. The van der Waals surface area contributed by atoms with E-state index in [2.05, 4.69) is 42.2 Å². The number of hydrogen-bond donors (Lipinski definition) is 1. The maximum Gasteiger partial charge on any atom is 0.406 e. The van der Waals surface area contributed by atoms with E-state index < -0.39 is 16.6 Å². The molecule has 1 amide bonds. The second-order valence-corrected chi connectivity index (χ2v) is 6.23. The van der Waals surface area contributed by atoms with Crippen LogP contribution < -0.4 is 10.1 Å². The van der Waals surface area contributed by atoms with Gasteiger partial charge >= 0.3 is 5.82 Å². The summed E-state index contributed by atoms with van der Waals surface area (Å²) < 4.78 is 6.62. The van der Waals surface area contributed by atoms with Crippen molar-refractivity contribution in [2.24, 2.45) is 0 Å². The Labute approximate surface area is 148 Å². The maximum absolute atomic E-state index is 12.0. The van der Waals surface area contributed by atoms with E-state index in [0.29, 0.717) is 14.6 Å². The SMILES string of the molecule is Cc1cc(Br)c(NC(=O)COc2cccnc2[N+](=O)[O-])c(Br)c1. The number of carbonyl (C=O) groups is 1. The number of nitro groups is 1. The Hall–Kier alpha value is -2.00. The van der Waals surface area contributed by atoms with Crippen molar-refractivity contribution in [1.82, 2.24) is 4.98 Å². The van der Waals surface area contributed by atoms with E-state index in [1.807, 2.05) is 19.1 Å². The van der Waals surface area contributed by atoms with Gasteiger partial charge in [-0.15, -0.1) is 0 Å². The van der Waals surface area contributed by atoms with Crippen LogP contribution >= 0.6 is 31.9 Å². The first-order valence-corrected chi connectivity index (χ1v) is 7.95. The van der Waals surface area contributed by atoms with Crippen LogP contribution in [0.1, 0.15) is 5.56 Å². The van der Waals surface area contributed by atoms with Crippen molar-refractivity contribution in [2.45, 2.75) is 6.92 Å². The minimum absolute atomic E-state index is 0.0605. The molecule has 0 fully saturated rings. The molecule has 0 saturated carbocycles. The van der Waals surface area contributed by atoms with Crippen LogP contribution in [0.25, 0.3) is 0 Å². The van der Waals surface area contributed by atoms with Crippen LogP contribution in [-0.2, 0) is 4.79 Å². The summed E-state index contributed by atoms with van der Waals surface area (Å²) in [4.78, 5) is 25.8. The molecule has 2 rings (SSSR count). The Bertz CT molecular complexity index is 744. The third-order valence-corrected chi connectivity index (χ3v) is 3.98. The average molecular weight is 445 g/mol. The van der Waals surface area contributed by atoms with Crippen molar-refractivity contribution in [3.63, 3.8) is 0 Å². The lowest BCUT2D eigenvalue weighted by Gasteiger charge is -2.11. The number of nitrogens with zero attached hydrogens (tertiary/aromatic N) is 2. The lowest BCUT2D eigenvalue weighted by atomic mass is 10.2.